The number of hydrogen-bond donors (Lipinski definition) is 0. The first-order chi connectivity index (χ1) is 16.8. The average molecular weight is 451 g/mol. The molecule has 1 fully saturated rings. The Morgan fingerprint density at radius 1 is 0.794 bits per heavy atom. The average Bonchev–Trinajstić information content (AvgIpc) is 3.34. The lowest BCUT2D eigenvalue weighted by Gasteiger charge is -2.29. The Morgan fingerprint density at radius 3 is 2.44 bits per heavy atom. The Bertz CT molecular complexity index is 1420. The number of fused-ring (bicyclic) bond motifs is 1. The van der Waals surface area contributed by atoms with E-state index in [2.05, 4.69) is 19.9 Å². The van der Waals surface area contributed by atoms with Crippen LogP contribution in [0.1, 0.15) is 0 Å². The highest BCUT2D eigenvalue weighted by Crippen LogP contribution is 2.28. The van der Waals surface area contributed by atoms with Gasteiger partial charge in [-0.15, -0.1) is 0 Å². The SMILES string of the molecule is c1ccc(Oc2nccc(-c3cc(N4CCOCC4)n4nc(-c5ccncc5)cc4n3)n2)cc1. The van der Waals surface area contributed by atoms with E-state index in [4.69, 9.17) is 19.6 Å². The number of para-hydroxylation sites is 1. The van der Waals surface area contributed by atoms with Crippen LogP contribution < -0.4 is 9.64 Å². The van der Waals surface area contributed by atoms with Crippen LogP contribution in [-0.2, 0) is 4.74 Å². The maximum absolute atomic E-state index is 5.84. The first-order valence-electron chi connectivity index (χ1n) is 11.0. The molecule has 1 aliphatic heterocycles. The molecule has 9 nitrogen and oxygen atoms in total. The molecule has 0 N–H and O–H groups in total. The predicted molar refractivity (Wildman–Crippen MR) is 127 cm³/mol. The fourth-order valence-electron chi connectivity index (χ4n) is 3.90. The van der Waals surface area contributed by atoms with Gasteiger partial charge in [-0.05, 0) is 30.3 Å². The third-order valence-electron chi connectivity index (χ3n) is 5.57. The Morgan fingerprint density at radius 2 is 1.62 bits per heavy atom. The molecule has 0 atom stereocenters. The maximum atomic E-state index is 5.84. The van der Waals surface area contributed by atoms with Gasteiger partial charge in [0.05, 0.1) is 30.3 Å². The second kappa shape index (κ2) is 8.87. The monoisotopic (exact) mass is 451 g/mol. The third-order valence-corrected chi connectivity index (χ3v) is 5.57. The van der Waals surface area contributed by atoms with Crippen LogP contribution in [0.5, 0.6) is 11.8 Å². The molecule has 1 aromatic carbocycles. The summed E-state index contributed by atoms with van der Waals surface area (Å²) >= 11 is 0. The fourth-order valence-corrected chi connectivity index (χ4v) is 3.90. The van der Waals surface area contributed by atoms with Crippen LogP contribution in [0, 0.1) is 0 Å². The summed E-state index contributed by atoms with van der Waals surface area (Å²) in [5.74, 6) is 1.61. The molecular weight excluding hydrogens is 430 g/mol. The van der Waals surface area contributed by atoms with Crippen molar-refractivity contribution in [3.8, 4) is 34.4 Å². The summed E-state index contributed by atoms with van der Waals surface area (Å²) in [5, 5.41) is 4.85. The molecule has 9 heteroatoms. The van der Waals surface area contributed by atoms with Crippen LogP contribution in [0.3, 0.4) is 0 Å². The molecule has 34 heavy (non-hydrogen) atoms. The van der Waals surface area contributed by atoms with Crippen LogP contribution in [-0.4, -0.2) is 55.9 Å². The minimum absolute atomic E-state index is 0.268. The molecular formula is C25H21N7O2. The Hall–Kier alpha value is -4.37. The summed E-state index contributed by atoms with van der Waals surface area (Å²) in [6.45, 7) is 2.88. The summed E-state index contributed by atoms with van der Waals surface area (Å²) in [7, 11) is 0. The van der Waals surface area contributed by atoms with Crippen LogP contribution in [0.4, 0.5) is 5.82 Å². The van der Waals surface area contributed by atoms with Gasteiger partial charge in [-0.3, -0.25) is 4.98 Å². The number of anilines is 1. The Balaban J connectivity index is 1.44. The van der Waals surface area contributed by atoms with E-state index < -0.39 is 0 Å². The van der Waals surface area contributed by atoms with E-state index in [1.165, 1.54) is 0 Å². The predicted octanol–water partition coefficient (Wildman–Crippen LogP) is 3.88. The highest BCUT2D eigenvalue weighted by molar-refractivity contribution is 5.69. The molecule has 5 aromatic rings. The number of morpholine rings is 1. The van der Waals surface area contributed by atoms with Gasteiger partial charge in [0, 0.05) is 49.4 Å². The molecule has 0 bridgehead atoms. The van der Waals surface area contributed by atoms with Crippen molar-refractivity contribution < 1.29 is 9.47 Å². The number of rotatable bonds is 5. The summed E-state index contributed by atoms with van der Waals surface area (Å²) in [5.41, 5.74) is 3.93. The maximum Gasteiger partial charge on any atom is 0.322 e. The van der Waals surface area contributed by atoms with Crippen molar-refractivity contribution in [3.63, 3.8) is 0 Å². The molecule has 0 spiro atoms. The van der Waals surface area contributed by atoms with E-state index in [1.54, 1.807) is 18.6 Å². The fraction of sp³-hybridized carbons (Fsp3) is 0.160. The topological polar surface area (TPSA) is 90.6 Å². The highest BCUT2D eigenvalue weighted by Gasteiger charge is 2.19. The lowest BCUT2D eigenvalue weighted by molar-refractivity contribution is 0.122. The van der Waals surface area contributed by atoms with Gasteiger partial charge >= 0.3 is 6.01 Å². The molecule has 0 aliphatic carbocycles. The molecule has 0 amide bonds. The molecule has 0 unspecified atom stereocenters. The van der Waals surface area contributed by atoms with E-state index in [9.17, 15) is 0 Å². The first-order valence-corrected chi connectivity index (χ1v) is 11.0. The normalized spacial score (nSPS) is 13.8. The van der Waals surface area contributed by atoms with Crippen molar-refractivity contribution in [2.45, 2.75) is 0 Å². The van der Waals surface area contributed by atoms with Gasteiger partial charge < -0.3 is 14.4 Å². The zero-order chi connectivity index (χ0) is 22.7. The lowest BCUT2D eigenvalue weighted by atomic mass is 10.2. The van der Waals surface area contributed by atoms with E-state index in [0.717, 1.165) is 41.5 Å². The number of nitrogens with zero attached hydrogens (tertiary/aromatic N) is 7. The highest BCUT2D eigenvalue weighted by atomic mass is 16.5. The smallest absolute Gasteiger partial charge is 0.322 e. The van der Waals surface area contributed by atoms with E-state index >= 15 is 0 Å². The molecule has 0 saturated carbocycles. The van der Waals surface area contributed by atoms with Gasteiger partial charge in [-0.25, -0.2) is 9.97 Å². The van der Waals surface area contributed by atoms with Gasteiger partial charge in [0.15, 0.2) is 5.65 Å². The summed E-state index contributed by atoms with van der Waals surface area (Å²) in [4.78, 5) is 20.1. The van der Waals surface area contributed by atoms with Crippen LogP contribution in [0.2, 0.25) is 0 Å². The minimum Gasteiger partial charge on any atom is -0.424 e. The lowest BCUT2D eigenvalue weighted by Crippen LogP contribution is -2.37. The molecule has 0 radical (unpaired) electrons. The van der Waals surface area contributed by atoms with Crippen molar-refractivity contribution in [1.29, 1.82) is 0 Å². The zero-order valence-electron chi connectivity index (χ0n) is 18.3. The zero-order valence-corrected chi connectivity index (χ0v) is 18.3. The van der Waals surface area contributed by atoms with Crippen LogP contribution in [0.25, 0.3) is 28.3 Å². The van der Waals surface area contributed by atoms with Crippen molar-refractivity contribution in [3.05, 3.63) is 79.3 Å². The number of ether oxygens (including phenoxy) is 2. The Labute approximate surface area is 195 Å². The van der Waals surface area contributed by atoms with Crippen molar-refractivity contribution in [1.82, 2.24) is 29.5 Å². The van der Waals surface area contributed by atoms with Crippen molar-refractivity contribution >= 4 is 11.5 Å². The molecule has 1 aliphatic rings. The minimum atomic E-state index is 0.268. The van der Waals surface area contributed by atoms with Crippen molar-refractivity contribution in [2.75, 3.05) is 31.2 Å². The second-order valence-electron chi connectivity index (χ2n) is 7.77. The van der Waals surface area contributed by atoms with Crippen LogP contribution >= 0.6 is 0 Å². The van der Waals surface area contributed by atoms with E-state index in [1.807, 2.05) is 65.2 Å². The standard InChI is InChI=1S/C25H21N7O2/c1-2-4-19(5-3-1)34-25-27-11-8-20(29-25)22-17-24(31-12-14-33-15-13-31)32-23(28-22)16-21(30-32)18-6-9-26-10-7-18/h1-11,16-17H,12-15H2. The summed E-state index contributed by atoms with van der Waals surface area (Å²) in [6.07, 6.45) is 5.20. The summed E-state index contributed by atoms with van der Waals surface area (Å²) < 4.78 is 13.3. The van der Waals surface area contributed by atoms with Gasteiger partial charge in [-0.1, -0.05) is 18.2 Å². The molecule has 6 rings (SSSR count). The quantitative estimate of drug-likeness (QED) is 0.398. The number of hydrogen-bond acceptors (Lipinski definition) is 8. The van der Waals surface area contributed by atoms with Gasteiger partial charge in [0.1, 0.15) is 11.6 Å². The van der Waals surface area contributed by atoms with Gasteiger partial charge in [0.25, 0.3) is 0 Å². The number of pyridine rings is 1. The summed E-state index contributed by atoms with van der Waals surface area (Å²) in [6, 6.07) is 19.4. The van der Waals surface area contributed by atoms with Gasteiger partial charge in [-0.2, -0.15) is 14.6 Å². The van der Waals surface area contributed by atoms with Crippen LogP contribution in [0.15, 0.2) is 79.3 Å². The van der Waals surface area contributed by atoms with E-state index in [0.29, 0.717) is 24.7 Å². The van der Waals surface area contributed by atoms with Crippen molar-refractivity contribution in [2.24, 2.45) is 0 Å². The first kappa shape index (κ1) is 20.3. The molecule has 5 heterocycles. The Kier molecular flexibility index (Phi) is 5.29. The number of benzene rings is 1. The second-order valence-corrected chi connectivity index (χ2v) is 7.77. The largest absolute Gasteiger partial charge is 0.424 e. The molecule has 4 aromatic heterocycles. The van der Waals surface area contributed by atoms with E-state index in [-0.39, 0.29) is 6.01 Å². The third kappa shape index (κ3) is 4.04. The van der Waals surface area contributed by atoms with Gasteiger partial charge in [0.2, 0.25) is 0 Å². The number of aromatic nitrogens is 6. The molecule has 1 saturated heterocycles. The molecule has 168 valence electrons.